The van der Waals surface area contributed by atoms with Gasteiger partial charge in [-0.05, 0) is 38.5 Å². The van der Waals surface area contributed by atoms with Gasteiger partial charge in [0.25, 0.3) is 0 Å². The molecule has 0 saturated heterocycles. The average Bonchev–Trinajstić information content (AvgIpc) is 2.06. The Kier molecular flexibility index (Phi) is 4.09. The predicted molar refractivity (Wildman–Crippen MR) is 53.1 cm³/mol. The number of hydrogen-bond acceptors (Lipinski definition) is 3. The SMILES string of the molecule is CC(=O)C1CCC(CNS)CC1. The van der Waals surface area contributed by atoms with Crippen LogP contribution in [-0.2, 0) is 4.79 Å². The van der Waals surface area contributed by atoms with E-state index in [4.69, 9.17) is 0 Å². The van der Waals surface area contributed by atoms with E-state index in [-0.39, 0.29) is 0 Å². The molecular weight excluding hydrogens is 170 g/mol. The molecule has 0 aromatic carbocycles. The van der Waals surface area contributed by atoms with Gasteiger partial charge in [-0.1, -0.05) is 12.8 Å². The zero-order valence-corrected chi connectivity index (χ0v) is 8.44. The van der Waals surface area contributed by atoms with Gasteiger partial charge < -0.3 is 0 Å². The quantitative estimate of drug-likeness (QED) is 0.660. The molecular formula is C9H17NOS. The molecule has 1 aliphatic rings. The zero-order chi connectivity index (χ0) is 8.97. The molecule has 3 heteroatoms. The summed E-state index contributed by atoms with van der Waals surface area (Å²) in [6, 6.07) is 0. The van der Waals surface area contributed by atoms with Crippen LogP contribution in [0.5, 0.6) is 0 Å². The number of carbonyl (C=O) groups excluding carboxylic acids is 1. The topological polar surface area (TPSA) is 29.1 Å². The maximum atomic E-state index is 11.0. The first-order valence-electron chi connectivity index (χ1n) is 4.61. The number of hydrogen-bond donors (Lipinski definition) is 2. The van der Waals surface area contributed by atoms with Crippen LogP contribution in [-0.4, -0.2) is 12.3 Å². The molecule has 0 aliphatic heterocycles. The molecule has 0 atom stereocenters. The van der Waals surface area contributed by atoms with Crippen molar-refractivity contribution in [1.82, 2.24) is 4.72 Å². The molecule has 0 amide bonds. The molecule has 1 saturated carbocycles. The summed E-state index contributed by atoms with van der Waals surface area (Å²) in [6.07, 6.45) is 4.51. The van der Waals surface area contributed by atoms with Crippen LogP contribution < -0.4 is 4.72 Å². The standard InChI is InChI=1S/C9H17NOS/c1-7(11)9-4-2-8(3-5-9)6-10-12/h8-10,12H,2-6H2,1H3. The molecule has 0 radical (unpaired) electrons. The van der Waals surface area contributed by atoms with Crippen molar-refractivity contribution in [2.45, 2.75) is 32.6 Å². The van der Waals surface area contributed by atoms with Gasteiger partial charge in [0.05, 0.1) is 0 Å². The summed E-state index contributed by atoms with van der Waals surface area (Å²) >= 11 is 3.98. The fourth-order valence-corrected chi connectivity index (χ4v) is 2.16. The second-order valence-electron chi connectivity index (χ2n) is 3.69. The van der Waals surface area contributed by atoms with Crippen LogP contribution in [0.1, 0.15) is 32.6 Å². The molecule has 0 heterocycles. The van der Waals surface area contributed by atoms with Gasteiger partial charge in [0.15, 0.2) is 0 Å². The van der Waals surface area contributed by atoms with E-state index in [9.17, 15) is 4.79 Å². The van der Waals surface area contributed by atoms with E-state index in [0.717, 1.165) is 25.3 Å². The van der Waals surface area contributed by atoms with E-state index in [1.807, 2.05) is 0 Å². The molecule has 1 aliphatic carbocycles. The Morgan fingerprint density at radius 1 is 1.42 bits per heavy atom. The van der Waals surface area contributed by atoms with Crippen molar-refractivity contribution >= 4 is 18.6 Å². The minimum absolute atomic E-state index is 0.348. The predicted octanol–water partition coefficient (Wildman–Crippen LogP) is 1.82. The Bertz CT molecular complexity index is 153. The van der Waals surface area contributed by atoms with Crippen molar-refractivity contribution < 1.29 is 4.79 Å². The number of Topliss-reactive ketones (excluding diaryl/α,β-unsaturated/α-hetero) is 1. The molecule has 0 aromatic heterocycles. The first-order chi connectivity index (χ1) is 5.74. The van der Waals surface area contributed by atoms with Gasteiger partial charge in [-0.2, -0.15) is 0 Å². The Morgan fingerprint density at radius 3 is 2.42 bits per heavy atom. The number of nitrogens with one attached hydrogen (secondary N) is 1. The second kappa shape index (κ2) is 4.87. The van der Waals surface area contributed by atoms with Crippen LogP contribution in [0.4, 0.5) is 0 Å². The minimum atomic E-state index is 0.348. The summed E-state index contributed by atoms with van der Waals surface area (Å²) in [5, 5.41) is 0. The highest BCUT2D eigenvalue weighted by atomic mass is 32.1. The molecule has 1 fully saturated rings. The summed E-state index contributed by atoms with van der Waals surface area (Å²) in [7, 11) is 0. The van der Waals surface area contributed by atoms with Crippen LogP contribution in [0, 0.1) is 11.8 Å². The Morgan fingerprint density at radius 2 is 2.00 bits per heavy atom. The lowest BCUT2D eigenvalue weighted by Gasteiger charge is -2.26. The van der Waals surface area contributed by atoms with Gasteiger partial charge in [-0.15, -0.1) is 0 Å². The lowest BCUT2D eigenvalue weighted by molar-refractivity contribution is -0.121. The highest BCUT2D eigenvalue weighted by molar-refractivity contribution is 7.78. The molecule has 12 heavy (non-hydrogen) atoms. The molecule has 70 valence electrons. The van der Waals surface area contributed by atoms with Gasteiger partial charge in [0.2, 0.25) is 0 Å². The lowest BCUT2D eigenvalue weighted by atomic mass is 9.80. The normalized spacial score (nSPS) is 30.2. The highest BCUT2D eigenvalue weighted by Gasteiger charge is 2.23. The van der Waals surface area contributed by atoms with Gasteiger partial charge in [0, 0.05) is 12.5 Å². The molecule has 0 unspecified atom stereocenters. The highest BCUT2D eigenvalue weighted by Crippen LogP contribution is 2.28. The van der Waals surface area contributed by atoms with Gasteiger partial charge >= 0.3 is 0 Å². The van der Waals surface area contributed by atoms with Crippen LogP contribution in [0.25, 0.3) is 0 Å². The van der Waals surface area contributed by atoms with Crippen LogP contribution in [0.3, 0.4) is 0 Å². The lowest BCUT2D eigenvalue weighted by Crippen LogP contribution is -2.24. The van der Waals surface area contributed by atoms with E-state index in [1.165, 1.54) is 12.8 Å². The monoisotopic (exact) mass is 187 g/mol. The number of rotatable bonds is 3. The molecule has 1 rings (SSSR count). The zero-order valence-electron chi connectivity index (χ0n) is 7.55. The van der Waals surface area contributed by atoms with Crippen LogP contribution >= 0.6 is 12.8 Å². The van der Waals surface area contributed by atoms with E-state index < -0.39 is 0 Å². The van der Waals surface area contributed by atoms with Gasteiger partial charge in [-0.3, -0.25) is 9.52 Å². The number of carbonyl (C=O) groups is 1. The fraction of sp³-hybridized carbons (Fsp3) is 0.889. The molecule has 0 bridgehead atoms. The summed E-state index contributed by atoms with van der Waals surface area (Å²) < 4.78 is 2.89. The first kappa shape index (κ1) is 10.1. The Hall–Kier alpha value is -0.0200. The van der Waals surface area contributed by atoms with Gasteiger partial charge in [-0.25, -0.2) is 0 Å². The fourth-order valence-electron chi connectivity index (χ4n) is 1.90. The largest absolute Gasteiger partial charge is 0.300 e. The van der Waals surface area contributed by atoms with Crippen molar-refractivity contribution in [2.24, 2.45) is 11.8 Å². The van der Waals surface area contributed by atoms with E-state index in [0.29, 0.717) is 11.7 Å². The molecule has 0 spiro atoms. The summed E-state index contributed by atoms with van der Waals surface area (Å²) in [5.74, 6) is 1.45. The van der Waals surface area contributed by atoms with Crippen molar-refractivity contribution in [3.63, 3.8) is 0 Å². The third-order valence-corrected chi connectivity index (χ3v) is 2.98. The third-order valence-electron chi connectivity index (χ3n) is 2.80. The molecule has 2 nitrogen and oxygen atoms in total. The second-order valence-corrected chi connectivity index (χ2v) is 4.01. The van der Waals surface area contributed by atoms with E-state index >= 15 is 0 Å². The average molecular weight is 187 g/mol. The van der Waals surface area contributed by atoms with Crippen LogP contribution in [0.15, 0.2) is 0 Å². The van der Waals surface area contributed by atoms with Gasteiger partial charge in [0.1, 0.15) is 5.78 Å². The number of thiol groups is 1. The summed E-state index contributed by atoms with van der Waals surface area (Å²) in [6.45, 7) is 2.69. The third kappa shape index (κ3) is 2.79. The number of ketones is 1. The van der Waals surface area contributed by atoms with E-state index in [1.54, 1.807) is 6.92 Å². The molecule has 0 aromatic rings. The Labute approximate surface area is 79.7 Å². The maximum Gasteiger partial charge on any atom is 0.132 e. The van der Waals surface area contributed by atoms with Crippen molar-refractivity contribution in [2.75, 3.05) is 6.54 Å². The maximum absolute atomic E-state index is 11.0. The van der Waals surface area contributed by atoms with E-state index in [2.05, 4.69) is 17.5 Å². The van der Waals surface area contributed by atoms with Crippen molar-refractivity contribution in [3.8, 4) is 0 Å². The Balaban J connectivity index is 2.25. The van der Waals surface area contributed by atoms with Crippen LogP contribution in [0.2, 0.25) is 0 Å². The minimum Gasteiger partial charge on any atom is -0.300 e. The summed E-state index contributed by atoms with van der Waals surface area (Å²) in [4.78, 5) is 11.0. The van der Waals surface area contributed by atoms with Crippen molar-refractivity contribution in [3.05, 3.63) is 0 Å². The smallest absolute Gasteiger partial charge is 0.132 e. The molecule has 1 N–H and O–H groups in total. The first-order valence-corrected chi connectivity index (χ1v) is 5.06. The van der Waals surface area contributed by atoms with Crippen molar-refractivity contribution in [1.29, 1.82) is 0 Å². The summed E-state index contributed by atoms with van der Waals surface area (Å²) in [5.41, 5.74) is 0.